The second kappa shape index (κ2) is 10.1. The Hall–Kier alpha value is -2.91. The van der Waals surface area contributed by atoms with Gasteiger partial charge in [0.05, 0.1) is 7.11 Å². The highest BCUT2D eigenvalue weighted by Gasteiger charge is 2.23. The van der Waals surface area contributed by atoms with Gasteiger partial charge in [-0.3, -0.25) is 9.59 Å². The summed E-state index contributed by atoms with van der Waals surface area (Å²) in [6.07, 6.45) is 2.04. The second-order valence-corrected chi connectivity index (χ2v) is 9.71. The van der Waals surface area contributed by atoms with Crippen LogP contribution in [0.5, 0.6) is 5.75 Å². The van der Waals surface area contributed by atoms with Gasteiger partial charge in [0, 0.05) is 36.8 Å². The van der Waals surface area contributed by atoms with E-state index in [0.717, 1.165) is 31.5 Å². The Bertz CT molecular complexity index is 1090. The summed E-state index contributed by atoms with van der Waals surface area (Å²) >= 11 is 0. The van der Waals surface area contributed by atoms with Gasteiger partial charge in [-0.2, -0.15) is 0 Å². The number of methoxy groups -OCH3 is 1. The van der Waals surface area contributed by atoms with Crippen molar-refractivity contribution < 1.29 is 22.7 Å². The number of amides is 2. The molecule has 1 heterocycles. The third-order valence-corrected chi connectivity index (χ3v) is 6.81. The van der Waals surface area contributed by atoms with Crippen LogP contribution in [0.25, 0.3) is 0 Å². The highest BCUT2D eigenvalue weighted by Crippen LogP contribution is 2.25. The lowest BCUT2D eigenvalue weighted by molar-refractivity contribution is 0.0792. The minimum Gasteiger partial charge on any atom is -0.495 e. The molecule has 2 N–H and O–H groups in total. The molecule has 0 aromatic heterocycles. The zero-order valence-electron chi connectivity index (χ0n) is 18.6. The average molecular weight is 460 g/mol. The van der Waals surface area contributed by atoms with Crippen molar-refractivity contribution in [3.8, 4) is 5.75 Å². The molecule has 172 valence electrons. The number of ether oxygens (including phenoxy) is 1. The van der Waals surface area contributed by atoms with E-state index < -0.39 is 15.9 Å². The third-order valence-electron chi connectivity index (χ3n) is 5.13. The van der Waals surface area contributed by atoms with Crippen molar-refractivity contribution in [1.82, 2.24) is 14.9 Å². The van der Waals surface area contributed by atoms with Crippen LogP contribution in [-0.4, -0.2) is 51.4 Å². The van der Waals surface area contributed by atoms with Crippen molar-refractivity contribution in [3.63, 3.8) is 0 Å². The van der Waals surface area contributed by atoms with Gasteiger partial charge in [-0.1, -0.05) is 12.1 Å². The SMILES string of the molecule is COc1ccc(C(=O)NCc2cccc(C(=O)N3CCCC3)c2)cc1S(=O)(=O)NC(C)C. The van der Waals surface area contributed by atoms with Crippen molar-refractivity contribution >= 4 is 21.8 Å². The molecule has 0 saturated carbocycles. The molecule has 1 aliphatic rings. The zero-order chi connectivity index (χ0) is 23.3. The van der Waals surface area contributed by atoms with Crippen molar-refractivity contribution in [2.24, 2.45) is 0 Å². The molecule has 2 aromatic carbocycles. The third kappa shape index (κ3) is 5.66. The molecule has 1 aliphatic heterocycles. The Kier molecular flexibility index (Phi) is 7.52. The van der Waals surface area contributed by atoms with E-state index in [1.54, 1.807) is 32.0 Å². The number of hydrogen-bond donors (Lipinski definition) is 2. The number of rotatable bonds is 8. The molecule has 3 rings (SSSR count). The molecule has 0 atom stereocenters. The highest BCUT2D eigenvalue weighted by atomic mass is 32.2. The molecule has 1 fully saturated rings. The molecule has 0 radical (unpaired) electrons. The molecule has 2 aromatic rings. The number of sulfonamides is 1. The molecule has 0 aliphatic carbocycles. The van der Waals surface area contributed by atoms with Gasteiger partial charge in [-0.25, -0.2) is 13.1 Å². The summed E-state index contributed by atoms with van der Waals surface area (Å²) in [6.45, 7) is 5.17. The number of nitrogens with zero attached hydrogens (tertiary/aromatic N) is 1. The van der Waals surface area contributed by atoms with E-state index in [-0.39, 0.29) is 34.7 Å². The summed E-state index contributed by atoms with van der Waals surface area (Å²) in [6, 6.07) is 11.1. The first-order valence-electron chi connectivity index (χ1n) is 10.6. The first kappa shape index (κ1) is 23.7. The first-order chi connectivity index (χ1) is 15.2. The van der Waals surface area contributed by atoms with Gasteiger partial charge < -0.3 is 15.0 Å². The van der Waals surface area contributed by atoms with Crippen LogP contribution in [0.2, 0.25) is 0 Å². The number of benzene rings is 2. The van der Waals surface area contributed by atoms with Crippen LogP contribution in [0.3, 0.4) is 0 Å². The lowest BCUT2D eigenvalue weighted by Crippen LogP contribution is -2.31. The molecular formula is C23H29N3O5S. The summed E-state index contributed by atoms with van der Waals surface area (Å²) in [7, 11) is -2.47. The van der Waals surface area contributed by atoms with Crippen LogP contribution in [0.15, 0.2) is 47.4 Å². The van der Waals surface area contributed by atoms with Crippen molar-refractivity contribution in [2.45, 2.75) is 44.2 Å². The van der Waals surface area contributed by atoms with Gasteiger partial charge in [0.15, 0.2) is 0 Å². The highest BCUT2D eigenvalue weighted by molar-refractivity contribution is 7.89. The molecule has 0 bridgehead atoms. The van der Waals surface area contributed by atoms with Crippen LogP contribution >= 0.6 is 0 Å². The Labute approximate surface area is 189 Å². The second-order valence-electron chi connectivity index (χ2n) is 8.02. The van der Waals surface area contributed by atoms with E-state index in [4.69, 9.17) is 4.74 Å². The molecule has 0 unspecified atom stereocenters. The minimum absolute atomic E-state index is 0.00154. The number of likely N-dealkylation sites (tertiary alicyclic amines) is 1. The average Bonchev–Trinajstić information content (AvgIpc) is 3.30. The lowest BCUT2D eigenvalue weighted by atomic mass is 10.1. The molecule has 1 saturated heterocycles. The fourth-order valence-electron chi connectivity index (χ4n) is 3.60. The Morgan fingerprint density at radius 2 is 1.78 bits per heavy atom. The summed E-state index contributed by atoms with van der Waals surface area (Å²) in [5, 5.41) is 2.79. The van der Waals surface area contributed by atoms with Crippen LogP contribution in [-0.2, 0) is 16.6 Å². The molecule has 2 amide bonds. The Morgan fingerprint density at radius 1 is 1.06 bits per heavy atom. The standard InChI is InChI=1S/C23H29N3O5S/c1-16(2)25-32(29,30)21-14-18(9-10-20(21)31-3)22(27)24-15-17-7-6-8-19(13-17)23(28)26-11-4-5-12-26/h6-10,13-14,16,25H,4-5,11-12,15H2,1-3H3,(H,24,27). The summed E-state index contributed by atoms with van der Waals surface area (Å²) in [5.41, 5.74) is 1.57. The predicted molar refractivity (Wildman–Crippen MR) is 121 cm³/mol. The first-order valence-corrected chi connectivity index (χ1v) is 12.1. The fourth-order valence-corrected chi connectivity index (χ4v) is 5.05. The van der Waals surface area contributed by atoms with Crippen LogP contribution < -0.4 is 14.8 Å². The maximum atomic E-state index is 12.7. The van der Waals surface area contributed by atoms with E-state index >= 15 is 0 Å². The van der Waals surface area contributed by atoms with Crippen molar-refractivity contribution in [2.75, 3.05) is 20.2 Å². The lowest BCUT2D eigenvalue weighted by Gasteiger charge is -2.16. The van der Waals surface area contributed by atoms with Gasteiger partial charge in [-0.05, 0) is 62.6 Å². The molecule has 32 heavy (non-hydrogen) atoms. The van der Waals surface area contributed by atoms with Gasteiger partial charge in [-0.15, -0.1) is 0 Å². The van der Waals surface area contributed by atoms with Crippen LogP contribution in [0.4, 0.5) is 0 Å². The number of nitrogens with one attached hydrogen (secondary N) is 2. The maximum absolute atomic E-state index is 12.7. The van der Waals surface area contributed by atoms with Crippen LogP contribution in [0, 0.1) is 0 Å². The Balaban J connectivity index is 1.73. The van der Waals surface area contributed by atoms with E-state index in [2.05, 4.69) is 10.0 Å². The summed E-state index contributed by atoms with van der Waals surface area (Å²) in [5.74, 6) is -0.272. The van der Waals surface area contributed by atoms with Gasteiger partial charge in [0.1, 0.15) is 10.6 Å². The topological polar surface area (TPSA) is 105 Å². The van der Waals surface area contributed by atoms with Gasteiger partial charge >= 0.3 is 0 Å². The van der Waals surface area contributed by atoms with E-state index in [1.807, 2.05) is 11.0 Å². The monoisotopic (exact) mass is 459 g/mol. The largest absolute Gasteiger partial charge is 0.495 e. The normalized spacial score (nSPS) is 13.9. The summed E-state index contributed by atoms with van der Waals surface area (Å²) < 4.78 is 32.9. The molecule has 8 nitrogen and oxygen atoms in total. The summed E-state index contributed by atoms with van der Waals surface area (Å²) in [4.78, 5) is 27.0. The number of carbonyl (C=O) groups is 2. The minimum atomic E-state index is -3.85. The van der Waals surface area contributed by atoms with Crippen molar-refractivity contribution in [1.29, 1.82) is 0 Å². The maximum Gasteiger partial charge on any atom is 0.253 e. The number of hydrogen-bond acceptors (Lipinski definition) is 5. The van der Waals surface area contributed by atoms with E-state index in [1.165, 1.54) is 25.3 Å². The van der Waals surface area contributed by atoms with Crippen LogP contribution in [0.1, 0.15) is 53.0 Å². The smallest absolute Gasteiger partial charge is 0.253 e. The van der Waals surface area contributed by atoms with Gasteiger partial charge in [0.2, 0.25) is 10.0 Å². The Morgan fingerprint density at radius 3 is 2.44 bits per heavy atom. The van der Waals surface area contributed by atoms with E-state index in [9.17, 15) is 18.0 Å². The zero-order valence-corrected chi connectivity index (χ0v) is 19.4. The quantitative estimate of drug-likeness (QED) is 0.631. The van der Waals surface area contributed by atoms with E-state index in [0.29, 0.717) is 5.56 Å². The van der Waals surface area contributed by atoms with Gasteiger partial charge in [0.25, 0.3) is 11.8 Å². The molecular weight excluding hydrogens is 430 g/mol. The molecule has 9 heteroatoms. The van der Waals surface area contributed by atoms with Crippen molar-refractivity contribution in [3.05, 3.63) is 59.2 Å². The fraction of sp³-hybridized carbons (Fsp3) is 0.391. The molecule has 0 spiro atoms. The number of carbonyl (C=O) groups excluding carboxylic acids is 2. The predicted octanol–water partition coefficient (Wildman–Crippen LogP) is 2.55.